The molecule has 0 saturated carbocycles. The first kappa shape index (κ1) is 34.7. The second-order valence-corrected chi connectivity index (χ2v) is 10.9. The first-order chi connectivity index (χ1) is 21.5. The van der Waals surface area contributed by atoms with Crippen LogP contribution in [-0.4, -0.2) is 24.3 Å². The molecular weight excluding hydrogens is 552 g/mol. The zero-order chi connectivity index (χ0) is 31.4. The van der Waals surface area contributed by atoms with Gasteiger partial charge in [-0.3, -0.25) is 4.79 Å². The Bertz CT molecular complexity index is 1270. The molecule has 0 saturated heterocycles. The molecular formula is C38H50O6. The maximum absolute atomic E-state index is 12.6. The van der Waals surface area contributed by atoms with Crippen LogP contribution in [0, 0.1) is 0 Å². The Kier molecular flexibility index (Phi) is 16.0. The van der Waals surface area contributed by atoms with E-state index in [2.05, 4.69) is 6.92 Å². The Labute approximate surface area is 264 Å². The molecule has 0 bridgehead atoms. The van der Waals surface area contributed by atoms with Crippen molar-refractivity contribution >= 4 is 12.0 Å². The Morgan fingerprint density at radius 3 is 2.09 bits per heavy atom. The second-order valence-electron chi connectivity index (χ2n) is 10.9. The largest absolute Gasteiger partial charge is 0.494 e. The van der Waals surface area contributed by atoms with E-state index < -0.39 is 6.10 Å². The quantitative estimate of drug-likeness (QED) is 0.0743. The van der Waals surface area contributed by atoms with Gasteiger partial charge in [0.05, 0.1) is 13.2 Å². The van der Waals surface area contributed by atoms with E-state index in [1.54, 1.807) is 24.3 Å². The molecule has 3 aromatic carbocycles. The number of aliphatic hydroxyl groups is 1. The molecule has 0 radical (unpaired) electrons. The molecule has 6 heteroatoms. The molecule has 0 aliphatic rings. The summed E-state index contributed by atoms with van der Waals surface area (Å²) in [6, 6.07) is 20.6. The van der Waals surface area contributed by atoms with Gasteiger partial charge in [0.2, 0.25) is 0 Å². The minimum atomic E-state index is -0.964. The van der Waals surface area contributed by atoms with E-state index in [0.717, 1.165) is 36.1 Å². The van der Waals surface area contributed by atoms with Crippen molar-refractivity contribution in [3.05, 3.63) is 89.5 Å². The van der Waals surface area contributed by atoms with Crippen LogP contribution < -0.4 is 18.9 Å². The van der Waals surface area contributed by atoms with E-state index in [1.165, 1.54) is 38.5 Å². The lowest BCUT2D eigenvalue weighted by Gasteiger charge is -2.16. The molecule has 1 unspecified atom stereocenters. The second kappa shape index (κ2) is 20.2. The number of ether oxygens (including phenoxy) is 4. The Morgan fingerprint density at radius 1 is 0.727 bits per heavy atom. The minimum Gasteiger partial charge on any atom is -0.494 e. The summed E-state index contributed by atoms with van der Waals surface area (Å²) in [6.45, 7) is 7.49. The van der Waals surface area contributed by atoms with Crippen LogP contribution in [-0.2, 0) is 11.4 Å². The van der Waals surface area contributed by atoms with Crippen molar-refractivity contribution in [3.63, 3.8) is 0 Å². The zero-order valence-corrected chi connectivity index (χ0v) is 26.8. The average molecular weight is 603 g/mol. The molecule has 0 spiro atoms. The van der Waals surface area contributed by atoms with Gasteiger partial charge in [-0.2, -0.15) is 0 Å². The molecule has 0 heterocycles. The molecule has 44 heavy (non-hydrogen) atoms. The van der Waals surface area contributed by atoms with Crippen LogP contribution in [0.4, 0.5) is 0 Å². The van der Waals surface area contributed by atoms with Crippen LogP contribution in [0.15, 0.2) is 72.8 Å². The van der Waals surface area contributed by atoms with Gasteiger partial charge in [-0.15, -0.1) is 0 Å². The summed E-state index contributed by atoms with van der Waals surface area (Å²) in [7, 11) is 0. The number of rotatable bonds is 21. The van der Waals surface area contributed by atoms with Crippen LogP contribution in [0.5, 0.6) is 23.0 Å². The van der Waals surface area contributed by atoms with E-state index in [1.807, 2.05) is 68.5 Å². The van der Waals surface area contributed by atoms with Crippen molar-refractivity contribution in [2.24, 2.45) is 0 Å². The fourth-order valence-corrected chi connectivity index (χ4v) is 4.93. The van der Waals surface area contributed by atoms with E-state index in [4.69, 9.17) is 18.9 Å². The molecule has 0 aliphatic heterocycles. The van der Waals surface area contributed by atoms with E-state index in [9.17, 15) is 9.90 Å². The summed E-state index contributed by atoms with van der Waals surface area (Å²) < 4.78 is 23.2. The Morgan fingerprint density at radius 2 is 1.39 bits per heavy atom. The maximum Gasteiger partial charge on any atom is 0.311 e. The van der Waals surface area contributed by atoms with Crippen LogP contribution in [0.3, 0.4) is 0 Å². The zero-order valence-electron chi connectivity index (χ0n) is 26.8. The van der Waals surface area contributed by atoms with Crippen molar-refractivity contribution in [3.8, 4) is 23.0 Å². The number of unbranched alkanes of at least 4 members (excludes halogenated alkanes) is 8. The fourth-order valence-electron chi connectivity index (χ4n) is 4.93. The van der Waals surface area contributed by atoms with Crippen molar-refractivity contribution in [1.29, 1.82) is 0 Å². The van der Waals surface area contributed by atoms with Gasteiger partial charge in [0.25, 0.3) is 0 Å². The number of hydrogen-bond acceptors (Lipinski definition) is 6. The van der Waals surface area contributed by atoms with Gasteiger partial charge in [0.15, 0.2) is 0 Å². The highest BCUT2D eigenvalue weighted by atomic mass is 16.5. The number of carbonyl (C=O) groups excluding carboxylic acids is 1. The van der Waals surface area contributed by atoms with Crippen LogP contribution in [0.2, 0.25) is 0 Å². The number of aliphatic hydroxyl groups excluding tert-OH is 1. The van der Waals surface area contributed by atoms with Crippen LogP contribution in [0.1, 0.15) is 108 Å². The van der Waals surface area contributed by atoms with Gasteiger partial charge in [-0.05, 0) is 50.1 Å². The lowest BCUT2D eigenvalue weighted by molar-refractivity contribution is -0.134. The number of hydrogen-bond donors (Lipinski definition) is 1. The van der Waals surface area contributed by atoms with Gasteiger partial charge in [-0.25, -0.2) is 0 Å². The highest BCUT2D eigenvalue weighted by Crippen LogP contribution is 2.33. The van der Waals surface area contributed by atoms with E-state index >= 15 is 0 Å². The predicted molar refractivity (Wildman–Crippen MR) is 177 cm³/mol. The summed E-state index contributed by atoms with van der Waals surface area (Å²) in [5.74, 6) is 2.01. The lowest BCUT2D eigenvalue weighted by atomic mass is 10.1. The highest BCUT2D eigenvalue weighted by Gasteiger charge is 2.15. The fraction of sp³-hybridized carbons (Fsp3) is 0.447. The van der Waals surface area contributed by atoms with Gasteiger partial charge in [0.1, 0.15) is 35.7 Å². The summed E-state index contributed by atoms with van der Waals surface area (Å²) in [5.41, 5.74) is 2.38. The van der Waals surface area contributed by atoms with Gasteiger partial charge in [-0.1, -0.05) is 101 Å². The van der Waals surface area contributed by atoms with Gasteiger partial charge < -0.3 is 24.1 Å². The maximum atomic E-state index is 12.6. The summed E-state index contributed by atoms with van der Waals surface area (Å²) in [4.78, 5) is 12.6. The Balaban J connectivity index is 1.66. The summed E-state index contributed by atoms with van der Waals surface area (Å²) in [5, 5.41) is 11.2. The average Bonchev–Trinajstić information content (AvgIpc) is 3.03. The van der Waals surface area contributed by atoms with Gasteiger partial charge in [0, 0.05) is 29.7 Å². The number of esters is 1. The molecule has 1 N–H and O–H groups in total. The molecule has 238 valence electrons. The van der Waals surface area contributed by atoms with Crippen molar-refractivity contribution in [1.82, 2.24) is 0 Å². The third-order valence-corrected chi connectivity index (χ3v) is 7.31. The number of benzene rings is 3. The van der Waals surface area contributed by atoms with Gasteiger partial charge >= 0.3 is 5.97 Å². The van der Waals surface area contributed by atoms with E-state index in [0.29, 0.717) is 49.1 Å². The third kappa shape index (κ3) is 12.5. The molecule has 0 aromatic heterocycles. The normalized spacial score (nSPS) is 11.8. The smallest absolute Gasteiger partial charge is 0.311 e. The topological polar surface area (TPSA) is 74.2 Å². The monoisotopic (exact) mass is 602 g/mol. The summed E-state index contributed by atoms with van der Waals surface area (Å²) in [6.07, 6.45) is 13.7. The highest BCUT2D eigenvalue weighted by molar-refractivity contribution is 5.72. The van der Waals surface area contributed by atoms with E-state index in [-0.39, 0.29) is 5.97 Å². The molecule has 1 atom stereocenters. The molecule has 0 aliphatic carbocycles. The SMILES string of the molecule is CCCCCCCCCCCC(=O)Oc1ccc(C(O)C=Cc2ccc(OCC)cc2OCC)c(OCc2ccccc2)c1. The van der Waals surface area contributed by atoms with Crippen LogP contribution in [0.25, 0.3) is 6.08 Å². The Hall–Kier alpha value is -3.77. The molecule has 3 aromatic rings. The molecule has 6 nitrogen and oxygen atoms in total. The lowest BCUT2D eigenvalue weighted by Crippen LogP contribution is -2.08. The summed E-state index contributed by atoms with van der Waals surface area (Å²) >= 11 is 0. The number of carbonyl (C=O) groups is 1. The first-order valence-corrected chi connectivity index (χ1v) is 16.3. The molecule has 3 rings (SSSR count). The predicted octanol–water partition coefficient (Wildman–Crippen LogP) is 9.64. The van der Waals surface area contributed by atoms with Crippen LogP contribution >= 0.6 is 0 Å². The van der Waals surface area contributed by atoms with Crippen molar-refractivity contribution in [2.45, 2.75) is 97.7 Å². The minimum absolute atomic E-state index is 0.255. The van der Waals surface area contributed by atoms with Crippen molar-refractivity contribution < 1.29 is 28.8 Å². The first-order valence-electron chi connectivity index (χ1n) is 16.3. The molecule has 0 fully saturated rings. The van der Waals surface area contributed by atoms with Crippen molar-refractivity contribution in [2.75, 3.05) is 13.2 Å². The standard InChI is InChI=1S/C38H50O6/c1-4-7-8-9-10-11-12-13-17-20-38(40)44-33-24-25-34(37(28-33)43-29-30-18-15-14-16-19-30)35(39)26-22-31-21-23-32(41-5-2)27-36(31)42-6-3/h14-16,18-19,21-28,35,39H,4-13,17,20,29H2,1-3H3. The molecule has 0 amide bonds. The third-order valence-electron chi connectivity index (χ3n) is 7.31.